The summed E-state index contributed by atoms with van der Waals surface area (Å²) >= 11 is 12.6. The highest BCUT2D eigenvalue weighted by molar-refractivity contribution is 6.42. The average Bonchev–Trinajstić information content (AvgIpc) is 3.27. The van der Waals surface area contributed by atoms with Gasteiger partial charge in [-0.05, 0) is 23.1 Å². The van der Waals surface area contributed by atoms with Gasteiger partial charge in [0, 0.05) is 37.9 Å². The molecule has 1 amide bonds. The van der Waals surface area contributed by atoms with Crippen molar-refractivity contribution in [3.8, 4) is 0 Å². The molecule has 0 aliphatic heterocycles. The van der Waals surface area contributed by atoms with Crippen LogP contribution in [0.25, 0.3) is 0 Å². The Morgan fingerprint density at radius 3 is 2.55 bits per heavy atom. The van der Waals surface area contributed by atoms with Gasteiger partial charge >= 0.3 is 0 Å². The number of halogens is 2. The summed E-state index contributed by atoms with van der Waals surface area (Å²) in [5.41, 5.74) is 2.93. The van der Waals surface area contributed by atoms with Crippen LogP contribution in [0.5, 0.6) is 0 Å². The first-order valence-corrected chi connectivity index (χ1v) is 11.2. The van der Waals surface area contributed by atoms with E-state index in [1.807, 2.05) is 47.4 Å². The molecule has 2 aromatic carbocycles. The lowest BCUT2D eigenvalue weighted by atomic mass is 10.0. The first-order chi connectivity index (χ1) is 15.0. The molecule has 0 unspecified atom stereocenters. The van der Waals surface area contributed by atoms with E-state index in [-0.39, 0.29) is 17.9 Å². The lowest BCUT2D eigenvalue weighted by Gasteiger charge is -2.30. The van der Waals surface area contributed by atoms with Crippen molar-refractivity contribution in [2.45, 2.75) is 39.4 Å². The van der Waals surface area contributed by atoms with E-state index in [4.69, 9.17) is 23.2 Å². The lowest BCUT2D eigenvalue weighted by Crippen LogP contribution is -2.49. The van der Waals surface area contributed by atoms with Crippen molar-refractivity contribution < 1.29 is 4.79 Å². The summed E-state index contributed by atoms with van der Waals surface area (Å²) in [5, 5.41) is 4.42. The maximum absolute atomic E-state index is 13.6. The second kappa shape index (κ2) is 11.3. The summed E-state index contributed by atoms with van der Waals surface area (Å²) < 4.78 is 0. The Bertz CT molecular complexity index is 961. The molecule has 1 aromatic heterocycles. The Hall–Kier alpha value is -2.34. The number of hydrogen-bond acceptors (Lipinski definition) is 3. The number of carbonyl (C=O) groups is 1. The number of nitrogens with zero attached hydrogens (tertiary/aromatic N) is 2. The molecule has 0 aliphatic carbocycles. The monoisotopic (exact) mass is 458 g/mol. The number of imidazole rings is 1. The van der Waals surface area contributed by atoms with Crippen molar-refractivity contribution in [3.63, 3.8) is 0 Å². The Kier molecular flexibility index (Phi) is 8.52. The number of amides is 1. The van der Waals surface area contributed by atoms with Gasteiger partial charge in [0.05, 0.1) is 22.4 Å². The van der Waals surface area contributed by atoms with Gasteiger partial charge in [-0.2, -0.15) is 0 Å². The van der Waals surface area contributed by atoms with Gasteiger partial charge in [-0.15, -0.1) is 0 Å². The molecule has 31 heavy (non-hydrogen) atoms. The zero-order valence-electron chi connectivity index (χ0n) is 17.8. The SMILES string of the molecule is CC(C)[C@H](NCCc1cnc[nH]1)C(=O)N(Cc1ccccc1)Cc1cccc(Cl)c1Cl. The molecule has 0 aliphatic rings. The Labute approximate surface area is 193 Å². The van der Waals surface area contributed by atoms with Gasteiger partial charge in [0.25, 0.3) is 0 Å². The number of nitrogens with one attached hydrogen (secondary N) is 2. The van der Waals surface area contributed by atoms with Crippen LogP contribution in [-0.4, -0.2) is 33.4 Å². The van der Waals surface area contributed by atoms with Crippen LogP contribution in [0.2, 0.25) is 10.0 Å². The highest BCUT2D eigenvalue weighted by Crippen LogP contribution is 2.27. The van der Waals surface area contributed by atoms with Gasteiger partial charge < -0.3 is 15.2 Å². The fraction of sp³-hybridized carbons (Fsp3) is 0.333. The minimum Gasteiger partial charge on any atom is -0.348 e. The lowest BCUT2D eigenvalue weighted by molar-refractivity contribution is -0.135. The smallest absolute Gasteiger partial charge is 0.240 e. The largest absolute Gasteiger partial charge is 0.348 e. The minimum absolute atomic E-state index is 0.0412. The standard InChI is InChI=1S/C24H28Cl2N4O/c1-17(2)23(28-12-11-20-13-27-16-29-20)24(31)30(14-18-7-4-3-5-8-18)15-19-9-6-10-21(25)22(19)26/h3-10,13,16-17,23,28H,11-12,14-15H2,1-2H3,(H,27,29)/t23-/m0/s1. The molecule has 2 N–H and O–H groups in total. The topological polar surface area (TPSA) is 61.0 Å². The molecule has 1 heterocycles. The van der Waals surface area contributed by atoms with E-state index < -0.39 is 0 Å². The van der Waals surface area contributed by atoms with E-state index in [0.29, 0.717) is 29.7 Å². The molecule has 0 fully saturated rings. The molecule has 1 atom stereocenters. The van der Waals surface area contributed by atoms with Crippen LogP contribution < -0.4 is 5.32 Å². The molecule has 5 nitrogen and oxygen atoms in total. The third-order valence-electron chi connectivity index (χ3n) is 5.17. The van der Waals surface area contributed by atoms with Crippen LogP contribution in [-0.2, 0) is 24.3 Å². The van der Waals surface area contributed by atoms with Crippen molar-refractivity contribution in [1.82, 2.24) is 20.2 Å². The number of carbonyl (C=O) groups excluding carboxylic acids is 1. The van der Waals surface area contributed by atoms with Crippen LogP contribution >= 0.6 is 23.2 Å². The molecular formula is C24H28Cl2N4O. The third kappa shape index (κ3) is 6.57. The fourth-order valence-electron chi connectivity index (χ4n) is 3.48. The predicted molar refractivity (Wildman–Crippen MR) is 126 cm³/mol. The summed E-state index contributed by atoms with van der Waals surface area (Å²) in [6.45, 7) is 5.66. The predicted octanol–water partition coefficient (Wildman–Crippen LogP) is 5.10. The van der Waals surface area contributed by atoms with Crippen LogP contribution in [0, 0.1) is 5.92 Å². The van der Waals surface area contributed by atoms with Gasteiger partial charge in [0.1, 0.15) is 0 Å². The molecule has 7 heteroatoms. The summed E-state index contributed by atoms with van der Waals surface area (Å²) in [7, 11) is 0. The molecule has 0 saturated carbocycles. The van der Waals surface area contributed by atoms with Crippen molar-refractivity contribution >= 4 is 29.1 Å². The van der Waals surface area contributed by atoms with E-state index in [0.717, 1.165) is 23.2 Å². The van der Waals surface area contributed by atoms with E-state index >= 15 is 0 Å². The number of aromatic nitrogens is 2. The van der Waals surface area contributed by atoms with Gasteiger partial charge in [-0.25, -0.2) is 4.98 Å². The second-order valence-corrected chi connectivity index (χ2v) is 8.68. The highest BCUT2D eigenvalue weighted by Gasteiger charge is 2.27. The summed E-state index contributed by atoms with van der Waals surface area (Å²) in [6.07, 6.45) is 4.24. The fourth-order valence-corrected chi connectivity index (χ4v) is 3.86. The van der Waals surface area contributed by atoms with Crippen molar-refractivity contribution in [3.05, 3.63) is 87.9 Å². The maximum Gasteiger partial charge on any atom is 0.240 e. The number of hydrogen-bond donors (Lipinski definition) is 2. The zero-order valence-corrected chi connectivity index (χ0v) is 19.3. The maximum atomic E-state index is 13.6. The summed E-state index contributed by atoms with van der Waals surface area (Å²) in [6, 6.07) is 15.2. The van der Waals surface area contributed by atoms with E-state index in [2.05, 4.69) is 29.1 Å². The minimum atomic E-state index is -0.315. The number of benzene rings is 2. The summed E-state index contributed by atoms with van der Waals surface area (Å²) in [4.78, 5) is 22.6. The van der Waals surface area contributed by atoms with Crippen LogP contribution in [0.4, 0.5) is 0 Å². The van der Waals surface area contributed by atoms with Gasteiger partial charge in [0.15, 0.2) is 0 Å². The van der Waals surface area contributed by atoms with E-state index in [1.54, 1.807) is 18.6 Å². The molecule has 0 bridgehead atoms. The molecule has 0 radical (unpaired) electrons. The Morgan fingerprint density at radius 2 is 1.87 bits per heavy atom. The van der Waals surface area contributed by atoms with Gasteiger partial charge in [-0.3, -0.25) is 4.79 Å². The Balaban J connectivity index is 1.78. The van der Waals surface area contributed by atoms with Gasteiger partial charge in [0.2, 0.25) is 5.91 Å². The molecule has 164 valence electrons. The number of H-pyrrole nitrogens is 1. The first kappa shape index (κ1) is 23.3. The first-order valence-electron chi connectivity index (χ1n) is 10.4. The summed E-state index contributed by atoms with van der Waals surface area (Å²) in [5.74, 6) is 0.168. The van der Waals surface area contributed by atoms with Crippen molar-refractivity contribution in [1.29, 1.82) is 0 Å². The van der Waals surface area contributed by atoms with Gasteiger partial charge in [-0.1, -0.05) is 79.5 Å². The molecule has 3 rings (SSSR count). The molecular weight excluding hydrogens is 431 g/mol. The quantitative estimate of drug-likeness (QED) is 0.443. The van der Waals surface area contributed by atoms with Crippen LogP contribution in [0.1, 0.15) is 30.7 Å². The normalized spacial score (nSPS) is 12.2. The third-order valence-corrected chi connectivity index (χ3v) is 6.02. The van der Waals surface area contributed by atoms with Crippen molar-refractivity contribution in [2.75, 3.05) is 6.54 Å². The molecule has 0 spiro atoms. The number of aromatic amines is 1. The van der Waals surface area contributed by atoms with Crippen molar-refractivity contribution in [2.24, 2.45) is 5.92 Å². The van der Waals surface area contributed by atoms with E-state index in [1.165, 1.54) is 0 Å². The van der Waals surface area contributed by atoms with Crippen LogP contribution in [0.3, 0.4) is 0 Å². The zero-order chi connectivity index (χ0) is 22.2. The van der Waals surface area contributed by atoms with E-state index in [9.17, 15) is 4.79 Å². The Morgan fingerprint density at radius 1 is 1.10 bits per heavy atom. The highest BCUT2D eigenvalue weighted by atomic mass is 35.5. The second-order valence-electron chi connectivity index (χ2n) is 7.90. The average molecular weight is 459 g/mol. The molecule has 3 aromatic rings. The number of rotatable bonds is 10. The molecule has 0 saturated heterocycles. The van der Waals surface area contributed by atoms with Crippen LogP contribution in [0.15, 0.2) is 61.1 Å².